The van der Waals surface area contributed by atoms with Gasteiger partial charge in [-0.2, -0.15) is 0 Å². The Morgan fingerprint density at radius 3 is 2.87 bits per heavy atom. The maximum Gasteiger partial charge on any atom is 0.508 e. The van der Waals surface area contributed by atoms with Crippen LogP contribution in [0.4, 0.5) is 0 Å². The second-order valence-electron chi connectivity index (χ2n) is 3.57. The first kappa shape index (κ1) is 10.7. The summed E-state index contributed by atoms with van der Waals surface area (Å²) >= 11 is 0. The summed E-state index contributed by atoms with van der Waals surface area (Å²) in [5, 5.41) is 0. The smallest absolute Gasteiger partial charge is 0.374 e. The molecule has 2 rings (SSSR count). The summed E-state index contributed by atoms with van der Waals surface area (Å²) in [7, 11) is -1.41. The van der Waals surface area contributed by atoms with Crippen molar-refractivity contribution >= 4 is 8.03 Å². The molecule has 0 bridgehead atoms. The van der Waals surface area contributed by atoms with Crippen LogP contribution in [-0.2, 0) is 20.4 Å². The molecule has 0 N–H and O–H groups in total. The van der Waals surface area contributed by atoms with Crippen LogP contribution in [0.15, 0.2) is 30.3 Å². The number of benzene rings is 1. The third-order valence-electron chi connectivity index (χ3n) is 2.32. The zero-order chi connectivity index (χ0) is 10.5. The van der Waals surface area contributed by atoms with E-state index in [0.717, 1.165) is 12.0 Å². The van der Waals surface area contributed by atoms with Crippen LogP contribution in [0.5, 0.6) is 0 Å². The van der Waals surface area contributed by atoms with Crippen molar-refractivity contribution in [2.24, 2.45) is 0 Å². The maximum absolute atomic E-state index is 11.0. The van der Waals surface area contributed by atoms with Crippen molar-refractivity contribution in [2.45, 2.75) is 19.1 Å². The predicted molar refractivity (Wildman–Crippen MR) is 58.1 cm³/mol. The number of rotatable bonds is 4. The van der Waals surface area contributed by atoms with Crippen LogP contribution in [0.25, 0.3) is 0 Å². The standard InChI is InChI=1S/C11H14O3P/c12-15-7-6-11(14-15)9-13-8-10-4-2-1-3-5-10/h1-5,11H,6-9H2/q+1. The Hall–Kier alpha value is -0.760. The van der Waals surface area contributed by atoms with Crippen LogP contribution in [0.1, 0.15) is 12.0 Å². The van der Waals surface area contributed by atoms with Gasteiger partial charge < -0.3 is 4.74 Å². The topological polar surface area (TPSA) is 35.5 Å². The molecule has 0 amide bonds. The average molecular weight is 225 g/mol. The summed E-state index contributed by atoms with van der Waals surface area (Å²) < 4.78 is 21.6. The van der Waals surface area contributed by atoms with Crippen LogP contribution in [0, 0.1) is 0 Å². The van der Waals surface area contributed by atoms with E-state index in [1.807, 2.05) is 30.3 Å². The van der Waals surface area contributed by atoms with E-state index >= 15 is 0 Å². The Balaban J connectivity index is 1.69. The SMILES string of the molecule is O=[P+]1CCC(COCc2ccccc2)O1. The first-order valence-electron chi connectivity index (χ1n) is 5.08. The lowest BCUT2D eigenvalue weighted by molar-refractivity contribution is 0.0523. The van der Waals surface area contributed by atoms with Gasteiger partial charge in [-0.05, 0) is 10.1 Å². The lowest BCUT2D eigenvalue weighted by Crippen LogP contribution is -2.13. The van der Waals surface area contributed by atoms with E-state index in [-0.39, 0.29) is 6.10 Å². The highest BCUT2D eigenvalue weighted by Crippen LogP contribution is 2.34. The molecule has 0 saturated carbocycles. The van der Waals surface area contributed by atoms with Gasteiger partial charge in [0.05, 0.1) is 13.2 Å². The molecule has 2 unspecified atom stereocenters. The average Bonchev–Trinajstić information content (AvgIpc) is 2.66. The van der Waals surface area contributed by atoms with Crippen LogP contribution in [-0.4, -0.2) is 18.9 Å². The van der Waals surface area contributed by atoms with Crippen molar-refractivity contribution in [3.8, 4) is 0 Å². The lowest BCUT2D eigenvalue weighted by Gasteiger charge is -2.05. The van der Waals surface area contributed by atoms with E-state index in [0.29, 0.717) is 19.4 Å². The second kappa shape index (κ2) is 5.36. The first-order valence-corrected chi connectivity index (χ1v) is 6.44. The molecule has 1 heterocycles. The van der Waals surface area contributed by atoms with Gasteiger partial charge in [0, 0.05) is 6.42 Å². The van der Waals surface area contributed by atoms with Crippen molar-refractivity contribution in [3.05, 3.63) is 35.9 Å². The summed E-state index contributed by atoms with van der Waals surface area (Å²) in [6, 6.07) is 10.0. The molecule has 1 aromatic rings. The highest BCUT2D eigenvalue weighted by molar-refractivity contribution is 7.39. The summed E-state index contributed by atoms with van der Waals surface area (Å²) in [4.78, 5) is 0. The van der Waals surface area contributed by atoms with E-state index < -0.39 is 8.03 Å². The van der Waals surface area contributed by atoms with Gasteiger partial charge in [0.2, 0.25) is 0 Å². The molecule has 1 aliphatic rings. The molecule has 80 valence electrons. The minimum Gasteiger partial charge on any atom is -0.374 e. The fraction of sp³-hybridized carbons (Fsp3) is 0.455. The lowest BCUT2D eigenvalue weighted by atomic mass is 10.2. The monoisotopic (exact) mass is 225 g/mol. The molecular formula is C11H14O3P+. The number of hydrogen-bond donors (Lipinski definition) is 0. The van der Waals surface area contributed by atoms with Crippen molar-refractivity contribution in [1.82, 2.24) is 0 Å². The largest absolute Gasteiger partial charge is 0.508 e. The number of hydrogen-bond acceptors (Lipinski definition) is 3. The molecule has 1 saturated heterocycles. The van der Waals surface area contributed by atoms with Crippen LogP contribution >= 0.6 is 8.03 Å². The van der Waals surface area contributed by atoms with Crippen molar-refractivity contribution in [1.29, 1.82) is 0 Å². The number of ether oxygens (including phenoxy) is 1. The summed E-state index contributed by atoms with van der Waals surface area (Å²) in [6.07, 6.45) is 1.55. The zero-order valence-corrected chi connectivity index (χ0v) is 9.36. The van der Waals surface area contributed by atoms with Gasteiger partial charge >= 0.3 is 8.03 Å². The first-order chi connectivity index (χ1) is 7.34. The van der Waals surface area contributed by atoms with Crippen molar-refractivity contribution < 1.29 is 13.8 Å². The molecule has 1 fully saturated rings. The van der Waals surface area contributed by atoms with Gasteiger partial charge in [-0.15, -0.1) is 4.52 Å². The van der Waals surface area contributed by atoms with Crippen molar-refractivity contribution in [2.75, 3.05) is 12.8 Å². The van der Waals surface area contributed by atoms with Gasteiger partial charge in [-0.3, -0.25) is 0 Å². The normalized spacial score (nSPS) is 23.2. The Bertz CT molecular complexity index is 326. The summed E-state index contributed by atoms with van der Waals surface area (Å²) in [6.45, 7) is 1.13. The minimum absolute atomic E-state index is 0.0253. The van der Waals surface area contributed by atoms with Gasteiger partial charge in [-0.25, -0.2) is 0 Å². The minimum atomic E-state index is -1.41. The van der Waals surface area contributed by atoms with Gasteiger partial charge in [-0.1, -0.05) is 30.3 Å². The van der Waals surface area contributed by atoms with E-state index in [4.69, 9.17) is 9.26 Å². The van der Waals surface area contributed by atoms with E-state index in [1.165, 1.54) is 0 Å². The predicted octanol–water partition coefficient (Wildman–Crippen LogP) is 2.73. The molecule has 0 spiro atoms. The van der Waals surface area contributed by atoms with Gasteiger partial charge in [0.25, 0.3) is 0 Å². The highest BCUT2D eigenvalue weighted by atomic mass is 31.1. The van der Waals surface area contributed by atoms with Crippen LogP contribution in [0.2, 0.25) is 0 Å². The third kappa shape index (κ3) is 3.38. The highest BCUT2D eigenvalue weighted by Gasteiger charge is 2.34. The molecular weight excluding hydrogens is 211 g/mol. The maximum atomic E-state index is 11.0. The van der Waals surface area contributed by atoms with E-state index in [1.54, 1.807) is 0 Å². The summed E-state index contributed by atoms with van der Waals surface area (Å²) in [5.41, 5.74) is 1.15. The molecule has 3 nitrogen and oxygen atoms in total. The molecule has 4 heteroatoms. The molecule has 0 aromatic heterocycles. The van der Waals surface area contributed by atoms with E-state index in [9.17, 15) is 4.57 Å². The van der Waals surface area contributed by atoms with Gasteiger partial charge in [0.15, 0.2) is 6.16 Å². The van der Waals surface area contributed by atoms with Crippen LogP contribution in [0.3, 0.4) is 0 Å². The van der Waals surface area contributed by atoms with Crippen LogP contribution < -0.4 is 0 Å². The molecule has 2 atom stereocenters. The Labute approximate surface area is 90.3 Å². The zero-order valence-electron chi connectivity index (χ0n) is 8.46. The molecule has 0 radical (unpaired) electrons. The molecule has 1 aliphatic heterocycles. The Morgan fingerprint density at radius 1 is 1.40 bits per heavy atom. The Kier molecular flexibility index (Phi) is 3.84. The third-order valence-corrected chi connectivity index (χ3v) is 3.47. The molecule has 0 aliphatic carbocycles. The van der Waals surface area contributed by atoms with Gasteiger partial charge in [0.1, 0.15) is 6.10 Å². The molecule has 15 heavy (non-hydrogen) atoms. The molecule has 1 aromatic carbocycles. The quantitative estimate of drug-likeness (QED) is 0.739. The Morgan fingerprint density at radius 2 is 2.20 bits per heavy atom. The van der Waals surface area contributed by atoms with Crippen molar-refractivity contribution in [3.63, 3.8) is 0 Å². The fourth-order valence-corrected chi connectivity index (χ4v) is 2.62. The summed E-state index contributed by atoms with van der Waals surface area (Å²) in [5.74, 6) is 0. The fourth-order valence-electron chi connectivity index (χ4n) is 1.52. The van der Waals surface area contributed by atoms with E-state index in [2.05, 4.69) is 0 Å². The second-order valence-corrected chi connectivity index (χ2v) is 4.90.